The highest BCUT2D eigenvalue weighted by molar-refractivity contribution is 5.85. The van der Waals surface area contributed by atoms with Gasteiger partial charge in [-0.15, -0.1) is 0 Å². The second-order valence-electron chi connectivity index (χ2n) is 10.5. The van der Waals surface area contributed by atoms with Crippen molar-refractivity contribution in [3.8, 4) is 0 Å². The van der Waals surface area contributed by atoms with Gasteiger partial charge in [0.05, 0.1) is 12.1 Å². The Morgan fingerprint density at radius 1 is 0.655 bits per heavy atom. The van der Waals surface area contributed by atoms with Gasteiger partial charge in [0.1, 0.15) is 0 Å². The second-order valence-corrected chi connectivity index (χ2v) is 10.5. The molecule has 0 aromatic heterocycles. The molecule has 0 aromatic carbocycles. The molecule has 2 aliphatic heterocycles. The lowest BCUT2D eigenvalue weighted by molar-refractivity contribution is 0.290. The van der Waals surface area contributed by atoms with Crippen LogP contribution in [-0.4, -0.2) is 29.0 Å². The average molecular weight is 398 g/mol. The van der Waals surface area contributed by atoms with Gasteiger partial charge < -0.3 is 10.2 Å². The van der Waals surface area contributed by atoms with E-state index in [1.807, 2.05) is 5.57 Å². The lowest BCUT2D eigenvalue weighted by Gasteiger charge is -2.34. The summed E-state index contributed by atoms with van der Waals surface area (Å²) in [7, 11) is 0. The van der Waals surface area contributed by atoms with Gasteiger partial charge in [-0.1, -0.05) is 70.6 Å². The molecule has 1 saturated heterocycles. The number of nitrogens with one attached hydrogen (secondary N) is 1. The predicted octanol–water partition coefficient (Wildman–Crippen LogP) is 6.69. The molecular weight excluding hydrogens is 354 g/mol. The van der Waals surface area contributed by atoms with E-state index < -0.39 is 0 Å². The second kappa shape index (κ2) is 9.43. The third-order valence-corrected chi connectivity index (χ3v) is 8.59. The quantitative estimate of drug-likeness (QED) is 0.493. The smallest absolute Gasteiger partial charge is 0.199 e. The standard InChI is InChI=1S/C26H43N3/c1-2-9-15-21-20-14-8-4-5-10-16-22(20)27-26-28-23-17-11-6-7-13-19-25(23)29(26)24(21)18-12-3-1/h20,22-23,25H,1-19H2,(H,27,28). The van der Waals surface area contributed by atoms with Crippen LogP contribution in [-0.2, 0) is 0 Å². The van der Waals surface area contributed by atoms with Gasteiger partial charge in [-0.25, -0.2) is 4.99 Å². The minimum absolute atomic E-state index is 0.540. The first-order valence-electron chi connectivity index (χ1n) is 13.3. The topological polar surface area (TPSA) is 27.6 Å². The Morgan fingerprint density at radius 3 is 2.17 bits per heavy atom. The summed E-state index contributed by atoms with van der Waals surface area (Å²) in [6, 6.07) is 1.85. The summed E-state index contributed by atoms with van der Waals surface area (Å²) in [6.07, 6.45) is 26.5. The van der Waals surface area contributed by atoms with Crippen molar-refractivity contribution in [3.05, 3.63) is 11.3 Å². The maximum Gasteiger partial charge on any atom is 0.199 e. The summed E-state index contributed by atoms with van der Waals surface area (Å²) in [6.45, 7) is 0. The van der Waals surface area contributed by atoms with Gasteiger partial charge in [0.15, 0.2) is 5.96 Å². The zero-order valence-corrected chi connectivity index (χ0v) is 18.6. The molecule has 3 aliphatic carbocycles. The maximum absolute atomic E-state index is 5.55. The molecule has 29 heavy (non-hydrogen) atoms. The van der Waals surface area contributed by atoms with Gasteiger partial charge in [0, 0.05) is 17.7 Å². The summed E-state index contributed by atoms with van der Waals surface area (Å²) >= 11 is 0. The zero-order valence-electron chi connectivity index (χ0n) is 18.6. The van der Waals surface area contributed by atoms with E-state index in [4.69, 9.17) is 4.99 Å². The van der Waals surface area contributed by atoms with Crippen LogP contribution in [0.5, 0.6) is 0 Å². The molecule has 3 fully saturated rings. The number of hydrogen-bond donors (Lipinski definition) is 1. The fraction of sp³-hybridized carbons (Fsp3) is 0.885. The highest BCUT2D eigenvalue weighted by Crippen LogP contribution is 2.43. The molecule has 4 atom stereocenters. The first-order valence-corrected chi connectivity index (χ1v) is 13.3. The van der Waals surface area contributed by atoms with Crippen LogP contribution in [0.25, 0.3) is 0 Å². The molecule has 0 bridgehead atoms. The van der Waals surface area contributed by atoms with Crippen LogP contribution < -0.4 is 5.32 Å². The van der Waals surface area contributed by atoms with Crippen LogP contribution >= 0.6 is 0 Å². The third-order valence-electron chi connectivity index (χ3n) is 8.59. The van der Waals surface area contributed by atoms with Crippen molar-refractivity contribution in [1.29, 1.82) is 0 Å². The number of aliphatic imine (C=N–C) groups is 1. The number of hydrogen-bond acceptors (Lipinski definition) is 3. The van der Waals surface area contributed by atoms with Crippen LogP contribution in [0.3, 0.4) is 0 Å². The maximum atomic E-state index is 5.55. The summed E-state index contributed by atoms with van der Waals surface area (Å²) in [4.78, 5) is 8.35. The normalized spacial score (nSPS) is 36.7. The molecule has 3 heteroatoms. The van der Waals surface area contributed by atoms with Crippen molar-refractivity contribution < 1.29 is 0 Å². The Morgan fingerprint density at radius 2 is 1.31 bits per heavy atom. The van der Waals surface area contributed by atoms with Gasteiger partial charge in [-0.05, 0) is 56.9 Å². The molecule has 2 saturated carbocycles. The lowest BCUT2D eigenvalue weighted by Crippen LogP contribution is -2.37. The monoisotopic (exact) mass is 397 g/mol. The lowest BCUT2D eigenvalue weighted by atomic mass is 9.79. The summed E-state index contributed by atoms with van der Waals surface area (Å²) in [5.41, 5.74) is 3.61. The van der Waals surface area contributed by atoms with Crippen molar-refractivity contribution in [3.63, 3.8) is 0 Å². The first kappa shape index (κ1) is 19.9. The van der Waals surface area contributed by atoms with E-state index in [0.29, 0.717) is 18.1 Å². The van der Waals surface area contributed by atoms with E-state index in [1.165, 1.54) is 128 Å². The molecule has 0 radical (unpaired) electrons. The first-order chi connectivity index (χ1) is 14.4. The van der Waals surface area contributed by atoms with Crippen molar-refractivity contribution in [2.45, 2.75) is 140 Å². The fourth-order valence-corrected chi connectivity index (χ4v) is 7.06. The zero-order chi connectivity index (χ0) is 19.5. The molecule has 0 aromatic rings. The van der Waals surface area contributed by atoms with Crippen molar-refractivity contribution in [2.75, 3.05) is 0 Å². The van der Waals surface area contributed by atoms with Crippen molar-refractivity contribution in [2.24, 2.45) is 10.9 Å². The predicted molar refractivity (Wildman–Crippen MR) is 122 cm³/mol. The number of nitrogens with zero attached hydrogens (tertiary/aromatic N) is 2. The number of fused-ring (bicyclic) bond motifs is 6. The number of allylic oxidation sites excluding steroid dienone is 1. The molecule has 1 N–H and O–H groups in total. The molecule has 5 aliphatic rings. The summed E-state index contributed by atoms with van der Waals surface area (Å²) in [5, 5.41) is 4.00. The average Bonchev–Trinajstić information content (AvgIpc) is 3.01. The minimum atomic E-state index is 0.540. The fourth-order valence-electron chi connectivity index (χ4n) is 7.06. The Bertz CT molecular complexity index is 621. The highest BCUT2D eigenvalue weighted by atomic mass is 15.4. The van der Waals surface area contributed by atoms with Crippen LogP contribution in [0, 0.1) is 5.92 Å². The third kappa shape index (κ3) is 4.26. The van der Waals surface area contributed by atoms with Gasteiger partial charge in [0.25, 0.3) is 0 Å². The summed E-state index contributed by atoms with van der Waals surface area (Å²) in [5.74, 6) is 2.03. The largest absolute Gasteiger partial charge is 0.351 e. The van der Waals surface area contributed by atoms with Crippen LogP contribution in [0.15, 0.2) is 16.3 Å². The Labute approximate surface area is 178 Å². The van der Waals surface area contributed by atoms with Crippen LogP contribution in [0.1, 0.15) is 122 Å². The van der Waals surface area contributed by atoms with Crippen LogP contribution in [0.4, 0.5) is 0 Å². The van der Waals surface area contributed by atoms with Crippen molar-refractivity contribution in [1.82, 2.24) is 10.2 Å². The van der Waals surface area contributed by atoms with Gasteiger partial charge in [-0.2, -0.15) is 0 Å². The van der Waals surface area contributed by atoms with Gasteiger partial charge >= 0.3 is 0 Å². The van der Waals surface area contributed by atoms with E-state index in [9.17, 15) is 0 Å². The highest BCUT2D eigenvalue weighted by Gasteiger charge is 2.43. The minimum Gasteiger partial charge on any atom is -0.351 e. The molecule has 4 unspecified atom stereocenters. The summed E-state index contributed by atoms with van der Waals surface area (Å²) < 4.78 is 0. The van der Waals surface area contributed by atoms with E-state index in [2.05, 4.69) is 10.2 Å². The van der Waals surface area contributed by atoms with E-state index >= 15 is 0 Å². The Hall–Kier alpha value is -0.990. The molecular formula is C26H43N3. The van der Waals surface area contributed by atoms with Crippen LogP contribution in [0.2, 0.25) is 0 Å². The molecule has 3 nitrogen and oxygen atoms in total. The van der Waals surface area contributed by atoms with Crippen molar-refractivity contribution >= 4 is 5.96 Å². The SMILES string of the molecule is C1CCCC2=C(CCC1)N1C(=NC3CCCCCCC23)NC2CCCCCCC21. The molecule has 0 amide bonds. The van der Waals surface area contributed by atoms with Gasteiger partial charge in [0.2, 0.25) is 0 Å². The van der Waals surface area contributed by atoms with Gasteiger partial charge in [-0.3, -0.25) is 0 Å². The Balaban J connectivity index is 1.56. The van der Waals surface area contributed by atoms with E-state index in [1.54, 1.807) is 5.70 Å². The number of guanidine groups is 1. The molecule has 5 rings (SSSR count). The Kier molecular flexibility index (Phi) is 6.49. The number of rotatable bonds is 0. The van der Waals surface area contributed by atoms with E-state index in [-0.39, 0.29) is 0 Å². The molecule has 2 heterocycles. The van der Waals surface area contributed by atoms with E-state index in [0.717, 1.165) is 5.92 Å². The molecule has 0 spiro atoms. The molecule has 162 valence electrons.